The molecule has 0 radical (unpaired) electrons. The number of nitrogens with zero attached hydrogens (tertiary/aromatic N) is 3. The monoisotopic (exact) mass is 584 g/mol. The van der Waals surface area contributed by atoms with E-state index in [0.717, 1.165) is 54.6 Å². The third-order valence-corrected chi connectivity index (χ3v) is 8.23. The fourth-order valence-electron chi connectivity index (χ4n) is 5.57. The molecule has 9 heteroatoms. The molecule has 4 rings (SSSR count). The normalized spacial score (nSPS) is 14.6. The third-order valence-electron chi connectivity index (χ3n) is 8.23. The van der Waals surface area contributed by atoms with Crippen molar-refractivity contribution in [2.75, 3.05) is 44.4 Å². The van der Waals surface area contributed by atoms with Gasteiger partial charge in [-0.3, -0.25) is 14.4 Å². The highest BCUT2D eigenvalue weighted by Crippen LogP contribution is 2.33. The standard InChI is InChI=1S/C34H44N6O3/c1-5-25-13-14-29(20-28(25)21-31(41)38-30-12-8-9-17-36-30)37-32(42)24-40(23-27-11-7-6-10-26(27)22-35-3)33(43)34(2)15-18-39(4)19-16-34/h6-14,17,20,35H,5,15-16,18-19,21-24H2,1-4H3,(H,37,42)(H,36,38,41). The number of rotatable bonds is 12. The Morgan fingerprint density at radius 1 is 0.907 bits per heavy atom. The molecule has 0 unspecified atom stereocenters. The molecule has 0 atom stereocenters. The Labute approximate surface area is 255 Å². The zero-order chi connectivity index (χ0) is 30.8. The Kier molecular flexibility index (Phi) is 11.0. The van der Waals surface area contributed by atoms with E-state index in [1.54, 1.807) is 23.2 Å². The van der Waals surface area contributed by atoms with Crippen LogP contribution in [0.5, 0.6) is 0 Å². The minimum Gasteiger partial charge on any atom is -0.329 e. The Bertz CT molecular complexity index is 1400. The first-order valence-electron chi connectivity index (χ1n) is 15.0. The van der Waals surface area contributed by atoms with Crippen LogP contribution in [0.15, 0.2) is 66.9 Å². The van der Waals surface area contributed by atoms with Crippen LogP contribution in [0, 0.1) is 5.41 Å². The summed E-state index contributed by atoms with van der Waals surface area (Å²) in [6, 6.07) is 19.0. The molecule has 0 saturated carbocycles. The van der Waals surface area contributed by atoms with Gasteiger partial charge in [-0.1, -0.05) is 50.2 Å². The van der Waals surface area contributed by atoms with Gasteiger partial charge in [0, 0.05) is 30.4 Å². The molecule has 3 N–H and O–H groups in total. The van der Waals surface area contributed by atoms with E-state index in [-0.39, 0.29) is 30.7 Å². The summed E-state index contributed by atoms with van der Waals surface area (Å²) in [5, 5.41) is 9.02. The predicted molar refractivity (Wildman–Crippen MR) is 170 cm³/mol. The van der Waals surface area contributed by atoms with Gasteiger partial charge in [-0.2, -0.15) is 0 Å². The Morgan fingerprint density at radius 3 is 2.30 bits per heavy atom. The zero-order valence-corrected chi connectivity index (χ0v) is 25.8. The molecule has 3 amide bonds. The lowest BCUT2D eigenvalue weighted by molar-refractivity contribution is -0.146. The highest BCUT2D eigenvalue weighted by molar-refractivity contribution is 5.96. The molecular weight excluding hydrogens is 540 g/mol. The van der Waals surface area contributed by atoms with Gasteiger partial charge < -0.3 is 25.8 Å². The number of carbonyl (C=O) groups is 3. The summed E-state index contributed by atoms with van der Waals surface area (Å²) in [5.74, 6) is 0.0435. The minimum absolute atomic E-state index is 0.00298. The Hall–Kier alpha value is -4.08. The zero-order valence-electron chi connectivity index (χ0n) is 25.8. The number of nitrogens with one attached hydrogen (secondary N) is 3. The molecule has 43 heavy (non-hydrogen) atoms. The maximum Gasteiger partial charge on any atom is 0.244 e. The minimum atomic E-state index is -0.526. The summed E-state index contributed by atoms with van der Waals surface area (Å²) < 4.78 is 0. The number of hydrogen-bond acceptors (Lipinski definition) is 6. The van der Waals surface area contributed by atoms with Crippen LogP contribution < -0.4 is 16.0 Å². The van der Waals surface area contributed by atoms with Crippen LogP contribution >= 0.6 is 0 Å². The van der Waals surface area contributed by atoms with Crippen LogP contribution in [-0.2, 0) is 40.3 Å². The van der Waals surface area contributed by atoms with Crippen LogP contribution in [0.25, 0.3) is 0 Å². The first-order valence-corrected chi connectivity index (χ1v) is 15.0. The molecule has 3 aromatic rings. The van der Waals surface area contributed by atoms with Crippen molar-refractivity contribution < 1.29 is 14.4 Å². The van der Waals surface area contributed by atoms with Gasteiger partial charge in [-0.05, 0) is 93.0 Å². The second kappa shape index (κ2) is 14.9. The molecule has 9 nitrogen and oxygen atoms in total. The molecule has 1 fully saturated rings. The van der Waals surface area contributed by atoms with E-state index in [4.69, 9.17) is 0 Å². The number of likely N-dealkylation sites (tertiary alicyclic amines) is 1. The highest BCUT2D eigenvalue weighted by atomic mass is 16.2. The Morgan fingerprint density at radius 2 is 1.63 bits per heavy atom. The van der Waals surface area contributed by atoms with Crippen LogP contribution in [-0.4, -0.2) is 66.2 Å². The van der Waals surface area contributed by atoms with Crippen molar-refractivity contribution in [3.63, 3.8) is 0 Å². The second-order valence-electron chi connectivity index (χ2n) is 11.6. The lowest BCUT2D eigenvalue weighted by Crippen LogP contribution is -2.49. The summed E-state index contributed by atoms with van der Waals surface area (Å²) >= 11 is 0. The van der Waals surface area contributed by atoms with Crippen molar-refractivity contribution in [1.82, 2.24) is 20.1 Å². The van der Waals surface area contributed by atoms with Gasteiger partial charge in [0.05, 0.1) is 6.42 Å². The van der Waals surface area contributed by atoms with E-state index in [1.165, 1.54) is 0 Å². The van der Waals surface area contributed by atoms with Crippen LogP contribution in [0.3, 0.4) is 0 Å². The third kappa shape index (κ3) is 8.72. The smallest absolute Gasteiger partial charge is 0.244 e. The average molecular weight is 585 g/mol. The number of anilines is 2. The molecule has 1 saturated heterocycles. The van der Waals surface area contributed by atoms with Crippen LogP contribution in [0.2, 0.25) is 0 Å². The SMILES string of the molecule is CCc1ccc(NC(=O)CN(Cc2ccccc2CNC)C(=O)C2(C)CCN(C)CC2)cc1CC(=O)Nc1ccccn1. The molecule has 2 aromatic carbocycles. The summed E-state index contributed by atoms with van der Waals surface area (Å²) in [7, 11) is 3.97. The van der Waals surface area contributed by atoms with Crippen molar-refractivity contribution in [1.29, 1.82) is 0 Å². The van der Waals surface area contributed by atoms with Crippen molar-refractivity contribution >= 4 is 29.2 Å². The fraction of sp³-hybridized carbons (Fsp3) is 0.412. The largest absolute Gasteiger partial charge is 0.329 e. The topological polar surface area (TPSA) is 107 Å². The number of aryl methyl sites for hydroxylation is 1. The van der Waals surface area contributed by atoms with Crippen molar-refractivity contribution in [2.45, 2.75) is 52.6 Å². The van der Waals surface area contributed by atoms with Crippen molar-refractivity contribution in [3.05, 3.63) is 89.1 Å². The van der Waals surface area contributed by atoms with E-state index in [1.807, 2.05) is 69.4 Å². The van der Waals surface area contributed by atoms with Crippen molar-refractivity contribution in [3.8, 4) is 0 Å². The second-order valence-corrected chi connectivity index (χ2v) is 11.6. The number of benzene rings is 2. The van der Waals surface area contributed by atoms with E-state index in [2.05, 4.69) is 32.9 Å². The first kappa shape index (κ1) is 31.8. The van der Waals surface area contributed by atoms with Crippen LogP contribution in [0.1, 0.15) is 48.9 Å². The molecule has 2 heterocycles. The molecule has 1 aliphatic heterocycles. The average Bonchev–Trinajstić information content (AvgIpc) is 2.99. The summed E-state index contributed by atoms with van der Waals surface area (Å²) in [6.45, 7) is 6.71. The maximum atomic E-state index is 14.1. The van der Waals surface area contributed by atoms with Crippen LogP contribution in [0.4, 0.5) is 11.5 Å². The predicted octanol–water partition coefficient (Wildman–Crippen LogP) is 4.24. The first-order chi connectivity index (χ1) is 20.7. The molecular formula is C34H44N6O3. The molecule has 1 aliphatic rings. The molecule has 0 aliphatic carbocycles. The van der Waals surface area contributed by atoms with Gasteiger partial charge in [0.25, 0.3) is 0 Å². The summed E-state index contributed by atoms with van der Waals surface area (Å²) in [6.07, 6.45) is 4.04. The van der Waals surface area contributed by atoms with Gasteiger partial charge in [0.15, 0.2) is 0 Å². The highest BCUT2D eigenvalue weighted by Gasteiger charge is 2.39. The lowest BCUT2D eigenvalue weighted by atomic mass is 9.79. The molecule has 228 valence electrons. The lowest BCUT2D eigenvalue weighted by Gasteiger charge is -2.40. The number of amides is 3. The van der Waals surface area contributed by atoms with Gasteiger partial charge in [0.1, 0.15) is 12.4 Å². The van der Waals surface area contributed by atoms with E-state index < -0.39 is 5.41 Å². The number of hydrogen-bond donors (Lipinski definition) is 3. The van der Waals surface area contributed by atoms with Gasteiger partial charge in [0.2, 0.25) is 17.7 Å². The van der Waals surface area contributed by atoms with Gasteiger partial charge in [-0.15, -0.1) is 0 Å². The number of pyridine rings is 1. The van der Waals surface area contributed by atoms with E-state index in [0.29, 0.717) is 24.6 Å². The van der Waals surface area contributed by atoms with E-state index in [9.17, 15) is 14.4 Å². The van der Waals surface area contributed by atoms with Crippen molar-refractivity contribution in [2.24, 2.45) is 5.41 Å². The number of aromatic nitrogens is 1. The van der Waals surface area contributed by atoms with Gasteiger partial charge in [-0.25, -0.2) is 4.98 Å². The fourth-order valence-corrected chi connectivity index (χ4v) is 5.57. The van der Waals surface area contributed by atoms with E-state index >= 15 is 0 Å². The molecule has 1 aromatic heterocycles. The summed E-state index contributed by atoms with van der Waals surface area (Å²) in [4.78, 5) is 48.4. The summed E-state index contributed by atoms with van der Waals surface area (Å²) in [5.41, 5.74) is 4.05. The van der Waals surface area contributed by atoms with Gasteiger partial charge >= 0.3 is 0 Å². The number of piperidine rings is 1. The Balaban J connectivity index is 1.51. The quantitative estimate of drug-likeness (QED) is 0.294. The molecule has 0 bridgehead atoms. The number of carbonyl (C=O) groups excluding carboxylic acids is 3. The maximum absolute atomic E-state index is 14.1. The molecule has 0 spiro atoms.